The van der Waals surface area contributed by atoms with Crippen molar-refractivity contribution in [2.45, 2.75) is 39.7 Å². The largest absolute Gasteiger partial charge is 0.493 e. The van der Waals surface area contributed by atoms with E-state index in [0.29, 0.717) is 27.4 Å². The lowest BCUT2D eigenvalue weighted by molar-refractivity contribution is -0.143. The van der Waals surface area contributed by atoms with Crippen LogP contribution in [0.2, 0.25) is 0 Å². The van der Waals surface area contributed by atoms with E-state index >= 15 is 0 Å². The van der Waals surface area contributed by atoms with Gasteiger partial charge in [-0.1, -0.05) is 44.2 Å². The highest BCUT2D eigenvalue weighted by atomic mass is 32.1. The first-order valence-electron chi connectivity index (χ1n) is 10.3. The summed E-state index contributed by atoms with van der Waals surface area (Å²) in [6, 6.07) is 11.0. The molecule has 1 aromatic heterocycles. The quantitative estimate of drug-likeness (QED) is 0.516. The number of rotatable bonds is 6. The van der Waals surface area contributed by atoms with Crippen LogP contribution in [0.4, 0.5) is 0 Å². The van der Waals surface area contributed by atoms with Crippen LogP contribution in [0.1, 0.15) is 43.6 Å². The highest BCUT2D eigenvalue weighted by molar-refractivity contribution is 7.16. The summed E-state index contributed by atoms with van der Waals surface area (Å²) < 4.78 is 18.4. The highest BCUT2D eigenvalue weighted by Gasteiger charge is 2.17. The number of fused-ring (bicyclic) bond motifs is 1. The normalized spacial score (nSPS) is 12.1. The molecule has 0 saturated heterocycles. The second kappa shape index (κ2) is 9.56. The van der Waals surface area contributed by atoms with Gasteiger partial charge in [-0.25, -0.2) is 0 Å². The average molecular weight is 457 g/mol. The minimum atomic E-state index is -0.412. The number of benzene rings is 2. The van der Waals surface area contributed by atoms with Crippen molar-refractivity contribution in [3.8, 4) is 11.5 Å². The molecule has 0 atom stereocenters. The maximum absolute atomic E-state index is 12.9. The molecule has 0 radical (unpaired) electrons. The molecular formula is C24H28N2O5S. The van der Waals surface area contributed by atoms with Crippen LogP contribution < -0.4 is 14.3 Å². The molecule has 0 aliphatic rings. The van der Waals surface area contributed by atoms with Gasteiger partial charge in [-0.3, -0.25) is 9.59 Å². The summed E-state index contributed by atoms with van der Waals surface area (Å²) >= 11 is 1.30. The van der Waals surface area contributed by atoms with E-state index in [1.54, 1.807) is 43.9 Å². The van der Waals surface area contributed by atoms with Gasteiger partial charge >= 0.3 is 5.97 Å². The molecule has 7 nitrogen and oxygen atoms in total. The second-order valence-electron chi connectivity index (χ2n) is 8.20. The molecule has 0 fully saturated rings. The lowest BCUT2D eigenvalue weighted by Gasteiger charge is -2.18. The molecule has 0 bridgehead atoms. The van der Waals surface area contributed by atoms with Crippen molar-refractivity contribution in [1.29, 1.82) is 0 Å². The van der Waals surface area contributed by atoms with Crippen LogP contribution in [0.15, 0.2) is 41.4 Å². The van der Waals surface area contributed by atoms with Crippen molar-refractivity contribution in [2.75, 3.05) is 20.8 Å². The first kappa shape index (κ1) is 23.5. The van der Waals surface area contributed by atoms with Crippen molar-refractivity contribution in [2.24, 2.45) is 4.99 Å². The molecule has 1 amide bonds. The number of aromatic nitrogens is 1. The minimum Gasteiger partial charge on any atom is -0.493 e. The van der Waals surface area contributed by atoms with Crippen LogP contribution in [0.25, 0.3) is 10.2 Å². The summed E-state index contributed by atoms with van der Waals surface area (Å²) in [7, 11) is 3.10. The maximum Gasteiger partial charge on any atom is 0.326 e. The molecule has 0 N–H and O–H groups in total. The van der Waals surface area contributed by atoms with E-state index in [2.05, 4.69) is 25.8 Å². The number of carbonyl (C=O) groups is 2. The van der Waals surface area contributed by atoms with Crippen molar-refractivity contribution in [3.05, 3.63) is 52.3 Å². The number of thiazole rings is 1. The summed E-state index contributed by atoms with van der Waals surface area (Å²) in [4.78, 5) is 29.9. The monoisotopic (exact) mass is 456 g/mol. The van der Waals surface area contributed by atoms with Gasteiger partial charge in [0.1, 0.15) is 6.54 Å². The molecule has 0 aliphatic heterocycles. The van der Waals surface area contributed by atoms with Crippen molar-refractivity contribution < 1.29 is 23.8 Å². The van der Waals surface area contributed by atoms with E-state index in [-0.39, 0.29) is 24.5 Å². The Morgan fingerprint density at radius 1 is 1.03 bits per heavy atom. The van der Waals surface area contributed by atoms with E-state index < -0.39 is 5.97 Å². The number of amides is 1. The molecule has 8 heteroatoms. The molecule has 0 spiro atoms. The molecule has 32 heavy (non-hydrogen) atoms. The Kier molecular flexibility index (Phi) is 7.03. The Morgan fingerprint density at radius 3 is 2.22 bits per heavy atom. The fraction of sp³-hybridized carbons (Fsp3) is 0.375. The van der Waals surface area contributed by atoms with Gasteiger partial charge in [0.15, 0.2) is 16.3 Å². The van der Waals surface area contributed by atoms with Gasteiger partial charge in [0.25, 0.3) is 5.91 Å². The number of nitrogens with zero attached hydrogens (tertiary/aromatic N) is 2. The lowest BCUT2D eigenvalue weighted by Crippen LogP contribution is -2.23. The van der Waals surface area contributed by atoms with E-state index in [9.17, 15) is 9.59 Å². The molecular weight excluding hydrogens is 428 g/mol. The predicted octanol–water partition coefficient (Wildman–Crippen LogP) is 4.32. The number of ether oxygens (including phenoxy) is 3. The SMILES string of the molecule is CCOC(=O)Cn1c(=NC(=O)c2ccc(C(C)(C)C)cc2)sc2cc(OC)c(OC)cc21. The molecule has 0 saturated carbocycles. The zero-order valence-electron chi connectivity index (χ0n) is 19.2. The summed E-state index contributed by atoms with van der Waals surface area (Å²) in [5.74, 6) is 0.283. The van der Waals surface area contributed by atoms with Gasteiger partial charge < -0.3 is 18.8 Å². The number of carbonyl (C=O) groups excluding carboxylic acids is 2. The lowest BCUT2D eigenvalue weighted by atomic mass is 9.87. The zero-order chi connectivity index (χ0) is 23.5. The van der Waals surface area contributed by atoms with E-state index in [4.69, 9.17) is 14.2 Å². The molecule has 0 aliphatic carbocycles. The van der Waals surface area contributed by atoms with Crippen LogP contribution >= 0.6 is 11.3 Å². The minimum absolute atomic E-state index is 0.00896. The fourth-order valence-electron chi connectivity index (χ4n) is 3.23. The van der Waals surface area contributed by atoms with E-state index in [1.807, 2.05) is 18.2 Å². The Hall–Kier alpha value is -3.13. The Morgan fingerprint density at radius 2 is 1.66 bits per heavy atom. The highest BCUT2D eigenvalue weighted by Crippen LogP contribution is 2.33. The van der Waals surface area contributed by atoms with Gasteiger partial charge in [0.05, 0.1) is 31.0 Å². The fourth-order valence-corrected chi connectivity index (χ4v) is 4.27. The van der Waals surface area contributed by atoms with Gasteiger partial charge in [-0.15, -0.1) is 0 Å². The Labute approximate surface area is 191 Å². The van der Waals surface area contributed by atoms with Gasteiger partial charge in [0, 0.05) is 17.7 Å². The van der Waals surface area contributed by atoms with Crippen molar-refractivity contribution in [3.63, 3.8) is 0 Å². The summed E-state index contributed by atoms with van der Waals surface area (Å²) in [6.45, 7) is 8.30. The van der Waals surface area contributed by atoms with Crippen LogP contribution in [-0.2, 0) is 21.5 Å². The maximum atomic E-state index is 12.9. The number of methoxy groups -OCH3 is 2. The average Bonchev–Trinajstić information content (AvgIpc) is 3.08. The number of esters is 1. The van der Waals surface area contributed by atoms with Crippen molar-refractivity contribution in [1.82, 2.24) is 4.57 Å². The molecule has 3 rings (SSSR count). The van der Waals surface area contributed by atoms with Crippen LogP contribution in [-0.4, -0.2) is 37.3 Å². The van der Waals surface area contributed by atoms with Crippen LogP contribution in [0, 0.1) is 0 Å². The van der Waals surface area contributed by atoms with Crippen molar-refractivity contribution >= 4 is 33.4 Å². The summed E-state index contributed by atoms with van der Waals surface area (Å²) in [5, 5.41) is 0. The van der Waals surface area contributed by atoms with Gasteiger partial charge in [0.2, 0.25) is 0 Å². The van der Waals surface area contributed by atoms with Gasteiger partial charge in [-0.2, -0.15) is 4.99 Å². The molecule has 3 aromatic rings. The standard InChI is InChI=1S/C24H28N2O5S/c1-7-31-21(27)14-26-17-12-18(29-5)19(30-6)13-20(17)32-23(26)25-22(28)15-8-10-16(11-9-15)24(2,3)4/h8-13H,7,14H2,1-6H3. The van der Waals surface area contributed by atoms with E-state index in [1.165, 1.54) is 11.3 Å². The van der Waals surface area contributed by atoms with Gasteiger partial charge in [-0.05, 0) is 30.0 Å². The third-order valence-corrected chi connectivity index (χ3v) is 6.02. The first-order valence-corrected chi connectivity index (χ1v) is 11.1. The van der Waals surface area contributed by atoms with E-state index in [0.717, 1.165) is 10.3 Å². The zero-order valence-corrected chi connectivity index (χ0v) is 20.0. The Bertz CT molecular complexity index is 1200. The smallest absolute Gasteiger partial charge is 0.326 e. The topological polar surface area (TPSA) is 79.1 Å². The Balaban J connectivity index is 2.11. The van der Waals surface area contributed by atoms with Crippen LogP contribution in [0.5, 0.6) is 11.5 Å². The predicted molar refractivity (Wildman–Crippen MR) is 125 cm³/mol. The molecule has 1 heterocycles. The summed E-state index contributed by atoms with van der Waals surface area (Å²) in [5.41, 5.74) is 2.31. The molecule has 2 aromatic carbocycles. The third kappa shape index (κ3) is 5.02. The number of hydrogen-bond donors (Lipinski definition) is 0. The second-order valence-corrected chi connectivity index (χ2v) is 9.20. The van der Waals surface area contributed by atoms with Crippen LogP contribution in [0.3, 0.4) is 0 Å². The number of hydrogen-bond acceptors (Lipinski definition) is 6. The third-order valence-electron chi connectivity index (χ3n) is 4.98. The molecule has 170 valence electrons. The summed E-state index contributed by atoms with van der Waals surface area (Å²) in [6.07, 6.45) is 0. The molecule has 0 unspecified atom stereocenters. The first-order chi connectivity index (χ1) is 15.2.